The fourth-order valence-electron chi connectivity index (χ4n) is 1.63. The first kappa shape index (κ1) is 16.5. The fourth-order valence-corrected chi connectivity index (χ4v) is 1.63. The van der Waals surface area contributed by atoms with E-state index in [0.29, 0.717) is 0 Å². The molecule has 8 heteroatoms. The van der Waals surface area contributed by atoms with Crippen LogP contribution in [-0.4, -0.2) is 38.8 Å². The van der Waals surface area contributed by atoms with Crippen LogP contribution in [-0.2, 0) is 9.59 Å². The molecular weight excluding hydrogens is 278 g/mol. The number of aromatic nitrogens is 1. The van der Waals surface area contributed by atoms with E-state index in [2.05, 4.69) is 10.7 Å². The first-order chi connectivity index (χ1) is 9.72. The lowest BCUT2D eigenvalue weighted by atomic mass is 10.0. The number of aliphatic carboxylic acids is 1. The largest absolute Gasteiger partial charge is 0.503 e. The predicted octanol–water partition coefficient (Wildman–Crippen LogP) is -0.289. The van der Waals surface area contributed by atoms with Gasteiger partial charge in [-0.3, -0.25) is 14.3 Å². The highest BCUT2D eigenvalue weighted by molar-refractivity contribution is 5.87. The van der Waals surface area contributed by atoms with Gasteiger partial charge < -0.3 is 21.0 Å². The maximum absolute atomic E-state index is 11.9. The van der Waals surface area contributed by atoms with Crippen molar-refractivity contribution in [2.75, 3.05) is 5.43 Å². The molecule has 0 aliphatic heterocycles. The number of nitrogens with zero attached hydrogens (tertiary/aromatic N) is 1. The Bertz CT molecular complexity index is 581. The van der Waals surface area contributed by atoms with E-state index in [1.165, 1.54) is 17.8 Å². The minimum Gasteiger partial charge on any atom is -0.503 e. The van der Waals surface area contributed by atoms with Crippen molar-refractivity contribution < 1.29 is 19.8 Å². The monoisotopic (exact) mass is 297 g/mol. The van der Waals surface area contributed by atoms with Crippen LogP contribution in [0.15, 0.2) is 23.3 Å². The second-order valence-electron chi connectivity index (χ2n) is 5.02. The van der Waals surface area contributed by atoms with Crippen molar-refractivity contribution in [3.05, 3.63) is 28.7 Å². The maximum atomic E-state index is 11.9. The van der Waals surface area contributed by atoms with Crippen LogP contribution < -0.4 is 16.2 Å². The molecule has 1 heterocycles. The Kier molecular flexibility index (Phi) is 5.34. The molecule has 0 bridgehead atoms. The van der Waals surface area contributed by atoms with Gasteiger partial charge in [-0.1, -0.05) is 13.8 Å². The van der Waals surface area contributed by atoms with E-state index in [1.54, 1.807) is 13.8 Å². The van der Waals surface area contributed by atoms with Gasteiger partial charge in [-0.2, -0.15) is 0 Å². The van der Waals surface area contributed by atoms with E-state index in [1.807, 2.05) is 0 Å². The molecule has 8 nitrogen and oxygen atoms in total. The number of aromatic hydroxyl groups is 1. The molecule has 0 aliphatic carbocycles. The molecule has 1 aromatic heterocycles. The summed E-state index contributed by atoms with van der Waals surface area (Å²) in [5.74, 6) is -2.32. The molecule has 0 saturated heterocycles. The molecular formula is C13H19N3O5. The summed E-state index contributed by atoms with van der Waals surface area (Å²) in [4.78, 5) is 34.0. The van der Waals surface area contributed by atoms with Crippen molar-refractivity contribution in [2.45, 2.75) is 32.9 Å². The Hall–Kier alpha value is -2.51. The van der Waals surface area contributed by atoms with Crippen LogP contribution in [0.4, 0.5) is 0 Å². The van der Waals surface area contributed by atoms with Crippen LogP contribution in [0.5, 0.6) is 5.75 Å². The third kappa shape index (κ3) is 4.51. The lowest BCUT2D eigenvalue weighted by Gasteiger charge is -2.22. The molecule has 116 valence electrons. The van der Waals surface area contributed by atoms with Gasteiger partial charge in [0.05, 0.1) is 6.20 Å². The SMILES string of the molecule is CC(C)[C@@H](NC(=O)[C@@H](C)Nn1ccc(=O)c(O)c1)C(=O)O. The van der Waals surface area contributed by atoms with Gasteiger partial charge in [-0.15, -0.1) is 0 Å². The Labute approximate surface area is 121 Å². The lowest BCUT2D eigenvalue weighted by Crippen LogP contribution is -2.50. The van der Waals surface area contributed by atoms with Crippen molar-refractivity contribution in [1.82, 2.24) is 9.99 Å². The molecule has 0 unspecified atom stereocenters. The summed E-state index contributed by atoms with van der Waals surface area (Å²) in [6.07, 6.45) is 2.48. The average molecular weight is 297 g/mol. The smallest absolute Gasteiger partial charge is 0.326 e. The standard InChI is InChI=1S/C13H19N3O5/c1-7(2)11(13(20)21)14-12(19)8(3)15-16-5-4-9(17)10(18)6-16/h4-8,11,15,18H,1-3H3,(H,14,19)(H,20,21)/t8-,11-/m1/s1. The van der Waals surface area contributed by atoms with Crippen LogP contribution in [0.25, 0.3) is 0 Å². The van der Waals surface area contributed by atoms with Gasteiger partial charge in [0.1, 0.15) is 12.1 Å². The first-order valence-corrected chi connectivity index (χ1v) is 6.43. The van der Waals surface area contributed by atoms with E-state index in [9.17, 15) is 19.5 Å². The van der Waals surface area contributed by atoms with Gasteiger partial charge in [-0.25, -0.2) is 4.79 Å². The van der Waals surface area contributed by atoms with Gasteiger partial charge in [0, 0.05) is 12.3 Å². The number of rotatable bonds is 6. The summed E-state index contributed by atoms with van der Waals surface area (Å²) >= 11 is 0. The average Bonchev–Trinajstić information content (AvgIpc) is 2.39. The normalized spacial score (nSPS) is 13.5. The van der Waals surface area contributed by atoms with E-state index < -0.39 is 35.1 Å². The molecule has 1 amide bonds. The van der Waals surface area contributed by atoms with Gasteiger partial charge in [0.15, 0.2) is 5.75 Å². The zero-order valence-corrected chi connectivity index (χ0v) is 12.0. The van der Waals surface area contributed by atoms with E-state index in [0.717, 1.165) is 12.3 Å². The van der Waals surface area contributed by atoms with Crippen molar-refractivity contribution in [2.24, 2.45) is 5.92 Å². The molecule has 21 heavy (non-hydrogen) atoms. The predicted molar refractivity (Wildman–Crippen MR) is 75.6 cm³/mol. The van der Waals surface area contributed by atoms with Crippen molar-refractivity contribution in [3.8, 4) is 5.75 Å². The minimum absolute atomic E-state index is 0.255. The molecule has 0 radical (unpaired) electrons. The van der Waals surface area contributed by atoms with Crippen molar-refractivity contribution in [1.29, 1.82) is 0 Å². The Balaban J connectivity index is 2.72. The molecule has 4 N–H and O–H groups in total. The molecule has 0 spiro atoms. The van der Waals surface area contributed by atoms with Crippen LogP contribution >= 0.6 is 0 Å². The topological polar surface area (TPSA) is 121 Å². The number of hydrogen-bond donors (Lipinski definition) is 4. The summed E-state index contributed by atoms with van der Waals surface area (Å²) in [6, 6.07) is -0.599. The third-order valence-electron chi connectivity index (χ3n) is 2.87. The Morgan fingerprint density at radius 3 is 2.38 bits per heavy atom. The molecule has 0 fully saturated rings. The highest BCUT2D eigenvalue weighted by Crippen LogP contribution is 2.03. The number of hydrogen-bond acceptors (Lipinski definition) is 5. The van der Waals surface area contributed by atoms with Crippen molar-refractivity contribution >= 4 is 11.9 Å². The van der Waals surface area contributed by atoms with E-state index in [-0.39, 0.29) is 5.92 Å². The van der Waals surface area contributed by atoms with Gasteiger partial charge in [0.25, 0.3) is 0 Å². The second kappa shape index (κ2) is 6.78. The third-order valence-corrected chi connectivity index (χ3v) is 2.87. The fraction of sp³-hybridized carbons (Fsp3) is 0.462. The number of pyridine rings is 1. The zero-order valence-electron chi connectivity index (χ0n) is 12.0. The Morgan fingerprint density at radius 1 is 1.29 bits per heavy atom. The van der Waals surface area contributed by atoms with Crippen molar-refractivity contribution in [3.63, 3.8) is 0 Å². The number of carbonyl (C=O) groups is 2. The highest BCUT2D eigenvalue weighted by Gasteiger charge is 2.25. The number of carbonyl (C=O) groups excluding carboxylic acids is 1. The van der Waals surface area contributed by atoms with Crippen LogP contribution in [0.1, 0.15) is 20.8 Å². The number of carboxylic acids is 1. The van der Waals surface area contributed by atoms with Crippen LogP contribution in [0.3, 0.4) is 0 Å². The molecule has 1 rings (SSSR count). The number of nitrogens with one attached hydrogen (secondary N) is 2. The van der Waals surface area contributed by atoms with Gasteiger partial charge in [-0.05, 0) is 12.8 Å². The summed E-state index contributed by atoms with van der Waals surface area (Å²) in [6.45, 7) is 4.91. The molecule has 2 atom stereocenters. The van der Waals surface area contributed by atoms with Crippen LogP contribution in [0, 0.1) is 5.92 Å². The molecule has 0 aromatic carbocycles. The van der Waals surface area contributed by atoms with Gasteiger partial charge in [0.2, 0.25) is 11.3 Å². The first-order valence-electron chi connectivity index (χ1n) is 6.43. The van der Waals surface area contributed by atoms with Crippen LogP contribution in [0.2, 0.25) is 0 Å². The van der Waals surface area contributed by atoms with E-state index >= 15 is 0 Å². The highest BCUT2D eigenvalue weighted by atomic mass is 16.4. The minimum atomic E-state index is -1.11. The second-order valence-corrected chi connectivity index (χ2v) is 5.02. The molecule has 1 aromatic rings. The number of amides is 1. The summed E-state index contributed by atoms with van der Waals surface area (Å²) in [5, 5.41) is 20.7. The summed E-state index contributed by atoms with van der Waals surface area (Å²) in [7, 11) is 0. The summed E-state index contributed by atoms with van der Waals surface area (Å²) < 4.78 is 1.26. The quantitative estimate of drug-likeness (QED) is 0.572. The Morgan fingerprint density at radius 2 is 1.90 bits per heavy atom. The van der Waals surface area contributed by atoms with E-state index in [4.69, 9.17) is 5.11 Å². The molecule has 0 saturated carbocycles. The lowest BCUT2D eigenvalue weighted by molar-refractivity contribution is -0.143. The maximum Gasteiger partial charge on any atom is 0.326 e. The molecule has 0 aliphatic rings. The van der Waals surface area contributed by atoms with Gasteiger partial charge >= 0.3 is 5.97 Å². The summed E-state index contributed by atoms with van der Waals surface area (Å²) in [5.41, 5.74) is 2.17. The zero-order chi connectivity index (χ0) is 16.2. The number of carboxylic acid groups (broad SMARTS) is 1.